The first-order valence-corrected chi connectivity index (χ1v) is 13.1. The number of phenols is 1. The van der Waals surface area contributed by atoms with Gasteiger partial charge in [0.15, 0.2) is 5.78 Å². The summed E-state index contributed by atoms with van der Waals surface area (Å²) in [6.07, 6.45) is 10.8. The topological polar surface area (TPSA) is 74.2 Å². The second-order valence-electron chi connectivity index (χ2n) is 10.5. The predicted molar refractivity (Wildman–Crippen MR) is 142 cm³/mol. The molecule has 1 atom stereocenters. The average molecular weight is 488 g/mol. The van der Waals surface area contributed by atoms with Crippen LogP contribution in [0.5, 0.6) is 5.75 Å². The van der Waals surface area contributed by atoms with Crippen LogP contribution >= 0.6 is 0 Å². The maximum atomic E-state index is 14.5. The van der Waals surface area contributed by atoms with E-state index in [9.17, 15) is 14.3 Å². The number of pyridine rings is 1. The SMILES string of the molecule is Cc1cc(F)c(Nc2ccnc3c2C(=O)Cc2cc(CCC(C)C4CCCCC4)ccc2N3)cc1O. The van der Waals surface area contributed by atoms with Crippen LogP contribution in [0.4, 0.5) is 27.3 Å². The van der Waals surface area contributed by atoms with Gasteiger partial charge in [0.25, 0.3) is 0 Å². The van der Waals surface area contributed by atoms with Gasteiger partial charge in [-0.3, -0.25) is 4.79 Å². The van der Waals surface area contributed by atoms with Crippen molar-refractivity contribution in [1.82, 2.24) is 4.98 Å². The molecule has 1 unspecified atom stereocenters. The van der Waals surface area contributed by atoms with Crippen LogP contribution in [0.1, 0.15) is 72.5 Å². The first-order chi connectivity index (χ1) is 17.4. The van der Waals surface area contributed by atoms with Gasteiger partial charge in [-0.25, -0.2) is 9.37 Å². The summed E-state index contributed by atoms with van der Waals surface area (Å²) in [4.78, 5) is 17.8. The van der Waals surface area contributed by atoms with E-state index >= 15 is 0 Å². The number of fused-ring (bicyclic) bond motifs is 2. The number of carbonyl (C=O) groups excluding carboxylic acids is 1. The second kappa shape index (κ2) is 10.3. The van der Waals surface area contributed by atoms with Gasteiger partial charge in [0, 0.05) is 24.4 Å². The van der Waals surface area contributed by atoms with Gasteiger partial charge in [0.1, 0.15) is 17.4 Å². The number of rotatable bonds is 6. The number of aromatic hydroxyl groups is 1. The summed E-state index contributed by atoms with van der Waals surface area (Å²) in [6.45, 7) is 4.02. The minimum Gasteiger partial charge on any atom is -0.508 e. The maximum absolute atomic E-state index is 14.5. The molecule has 1 aliphatic carbocycles. The summed E-state index contributed by atoms with van der Waals surface area (Å²) in [5.74, 6) is 1.40. The third kappa shape index (κ3) is 5.08. The van der Waals surface area contributed by atoms with Gasteiger partial charge >= 0.3 is 0 Å². The third-order valence-corrected chi connectivity index (χ3v) is 7.90. The molecule has 2 aliphatic rings. The summed E-state index contributed by atoms with van der Waals surface area (Å²) in [7, 11) is 0. The van der Waals surface area contributed by atoms with Crippen molar-refractivity contribution in [2.75, 3.05) is 10.6 Å². The summed E-state index contributed by atoms with van der Waals surface area (Å²) >= 11 is 0. The Bertz CT molecular complexity index is 1280. The Balaban J connectivity index is 1.35. The standard InChI is InChI=1S/C30H34FN3O2/c1-18(21-6-4-3-5-7-21)8-9-20-10-11-24-22(15-20)16-28(36)29-25(12-13-32-30(29)34-24)33-26-17-27(35)19(2)14-23(26)31/h10-15,17-18,21,35H,3-9,16H2,1-2H3,(H2,32,33,34). The first kappa shape index (κ1) is 24.3. The molecule has 3 N–H and O–H groups in total. The van der Waals surface area contributed by atoms with Crippen molar-refractivity contribution in [3.8, 4) is 5.75 Å². The lowest BCUT2D eigenvalue weighted by Gasteiger charge is -2.27. The molecule has 36 heavy (non-hydrogen) atoms. The molecule has 0 spiro atoms. The molecule has 1 fully saturated rings. The van der Waals surface area contributed by atoms with Crippen molar-refractivity contribution in [1.29, 1.82) is 0 Å². The number of aryl methyl sites for hydroxylation is 2. The number of anilines is 4. The maximum Gasteiger partial charge on any atom is 0.173 e. The highest BCUT2D eigenvalue weighted by Crippen LogP contribution is 2.36. The summed E-state index contributed by atoms with van der Waals surface area (Å²) in [6, 6.07) is 10.6. The number of hydrogen-bond acceptors (Lipinski definition) is 5. The number of nitrogens with one attached hydrogen (secondary N) is 2. The van der Waals surface area contributed by atoms with Crippen LogP contribution in [0.2, 0.25) is 0 Å². The quantitative estimate of drug-likeness (QED) is 0.334. The highest BCUT2D eigenvalue weighted by atomic mass is 19.1. The summed E-state index contributed by atoms with van der Waals surface area (Å²) in [5, 5.41) is 16.4. The number of nitrogens with zero attached hydrogens (tertiary/aromatic N) is 1. The van der Waals surface area contributed by atoms with Gasteiger partial charge in [-0.15, -0.1) is 0 Å². The van der Waals surface area contributed by atoms with Gasteiger partial charge in [-0.1, -0.05) is 51.2 Å². The van der Waals surface area contributed by atoms with E-state index in [-0.39, 0.29) is 23.6 Å². The van der Waals surface area contributed by atoms with Gasteiger partial charge in [0.2, 0.25) is 0 Å². The number of Topliss-reactive ketones (excluding diaryl/α,β-unsaturated/α-hetero) is 1. The zero-order chi connectivity index (χ0) is 25.2. The number of aromatic nitrogens is 1. The lowest BCUT2D eigenvalue weighted by Crippen LogP contribution is -2.16. The monoisotopic (exact) mass is 487 g/mol. The van der Waals surface area contributed by atoms with Crippen LogP contribution in [0.25, 0.3) is 0 Å². The third-order valence-electron chi connectivity index (χ3n) is 7.90. The first-order valence-electron chi connectivity index (χ1n) is 13.1. The van der Waals surface area contributed by atoms with Crippen molar-refractivity contribution in [2.24, 2.45) is 11.8 Å². The Morgan fingerprint density at radius 1 is 1.14 bits per heavy atom. The van der Waals surface area contributed by atoms with Crippen LogP contribution in [0, 0.1) is 24.6 Å². The van der Waals surface area contributed by atoms with Gasteiger partial charge in [0.05, 0.1) is 16.9 Å². The smallest absolute Gasteiger partial charge is 0.173 e. The fraction of sp³-hybridized carbons (Fsp3) is 0.400. The van der Waals surface area contributed by atoms with Crippen molar-refractivity contribution in [3.63, 3.8) is 0 Å². The van der Waals surface area contributed by atoms with E-state index in [1.54, 1.807) is 19.2 Å². The fourth-order valence-corrected chi connectivity index (χ4v) is 5.64. The molecule has 0 amide bonds. The molecule has 3 aromatic rings. The molecule has 2 aromatic carbocycles. The van der Waals surface area contributed by atoms with E-state index in [2.05, 4.69) is 34.7 Å². The molecule has 2 heterocycles. The molecular weight excluding hydrogens is 453 g/mol. The van der Waals surface area contributed by atoms with Crippen LogP contribution < -0.4 is 10.6 Å². The normalized spacial score (nSPS) is 16.5. The molecule has 0 saturated heterocycles. The highest BCUT2D eigenvalue weighted by Gasteiger charge is 2.25. The van der Waals surface area contributed by atoms with Crippen LogP contribution in [0.15, 0.2) is 42.6 Å². The van der Waals surface area contributed by atoms with E-state index in [0.717, 1.165) is 30.0 Å². The molecule has 5 nitrogen and oxygen atoms in total. The predicted octanol–water partition coefficient (Wildman–Crippen LogP) is 7.61. The van der Waals surface area contributed by atoms with Gasteiger partial charge in [-0.05, 0) is 66.5 Å². The summed E-state index contributed by atoms with van der Waals surface area (Å²) in [5.41, 5.74) is 4.47. The number of carbonyl (C=O) groups is 1. The lowest BCUT2D eigenvalue weighted by atomic mass is 9.78. The zero-order valence-electron chi connectivity index (χ0n) is 21.0. The van der Waals surface area contributed by atoms with Gasteiger partial charge in [-0.2, -0.15) is 0 Å². The van der Waals surface area contributed by atoms with Crippen molar-refractivity contribution in [3.05, 3.63) is 70.7 Å². The van der Waals surface area contributed by atoms with Crippen molar-refractivity contribution in [2.45, 2.75) is 65.2 Å². The largest absolute Gasteiger partial charge is 0.508 e. The Labute approximate surface area is 212 Å². The Hall–Kier alpha value is -3.41. The van der Waals surface area contributed by atoms with Crippen molar-refractivity contribution < 1.29 is 14.3 Å². The molecule has 1 saturated carbocycles. The molecule has 6 heteroatoms. The van der Waals surface area contributed by atoms with E-state index in [1.807, 2.05) is 6.07 Å². The Morgan fingerprint density at radius 3 is 2.75 bits per heavy atom. The summed E-state index contributed by atoms with van der Waals surface area (Å²) < 4.78 is 14.5. The fourth-order valence-electron chi connectivity index (χ4n) is 5.64. The molecular formula is C30H34FN3O2. The van der Waals surface area contributed by atoms with E-state index in [1.165, 1.54) is 49.8 Å². The van der Waals surface area contributed by atoms with E-state index < -0.39 is 5.82 Å². The lowest BCUT2D eigenvalue weighted by molar-refractivity contribution is 0.0995. The van der Waals surface area contributed by atoms with Crippen molar-refractivity contribution >= 4 is 28.7 Å². The van der Waals surface area contributed by atoms with Crippen LogP contribution in [-0.2, 0) is 12.8 Å². The van der Waals surface area contributed by atoms with Gasteiger partial charge < -0.3 is 15.7 Å². The zero-order valence-corrected chi connectivity index (χ0v) is 21.0. The average Bonchev–Trinajstić information content (AvgIpc) is 3.02. The van der Waals surface area contributed by atoms with E-state index in [4.69, 9.17) is 0 Å². The molecule has 1 aliphatic heterocycles. The molecule has 0 bridgehead atoms. The van der Waals surface area contributed by atoms with Crippen LogP contribution in [-0.4, -0.2) is 15.9 Å². The van der Waals surface area contributed by atoms with Crippen LogP contribution in [0.3, 0.4) is 0 Å². The molecule has 188 valence electrons. The minimum atomic E-state index is -0.500. The second-order valence-corrected chi connectivity index (χ2v) is 10.5. The Morgan fingerprint density at radius 2 is 1.94 bits per heavy atom. The highest BCUT2D eigenvalue weighted by molar-refractivity contribution is 6.09. The number of phenolic OH excluding ortho intramolecular Hbond substituents is 1. The molecule has 0 radical (unpaired) electrons. The Kier molecular flexibility index (Phi) is 6.95. The molecule has 5 rings (SSSR count). The molecule has 1 aromatic heterocycles. The number of halogens is 1. The number of hydrogen-bond donors (Lipinski definition) is 3. The number of benzene rings is 2. The van der Waals surface area contributed by atoms with E-state index in [0.29, 0.717) is 28.6 Å². The number of ketones is 1. The minimum absolute atomic E-state index is 0.0127.